The average Bonchev–Trinajstić information content (AvgIpc) is 3.39. The number of carbonyl (C=O) groups excluding carboxylic acids is 1. The molecule has 6 heteroatoms. The standard InChI is InChI=1S/C27H27N5O/c1-20-6-2-7-21(14-20)15-24-10-4-12-26(30-24)23-9-5-13-31(17-23)27(33)22-8-3-11-25(16-22)32-18-28-29-19-32/h2-4,6-8,10-12,14,16,18-19,23H,5,9,13,15,17H2,1H3. The number of aromatic nitrogens is 4. The Balaban J connectivity index is 1.31. The molecule has 1 aliphatic rings. The molecule has 0 aliphatic carbocycles. The van der Waals surface area contributed by atoms with Crippen molar-refractivity contribution in [3.8, 4) is 5.69 Å². The van der Waals surface area contributed by atoms with Crippen LogP contribution in [-0.4, -0.2) is 43.6 Å². The molecule has 5 rings (SSSR count). The zero-order chi connectivity index (χ0) is 22.6. The molecule has 33 heavy (non-hydrogen) atoms. The molecule has 4 aromatic rings. The van der Waals surface area contributed by atoms with Crippen molar-refractivity contribution in [2.24, 2.45) is 0 Å². The summed E-state index contributed by atoms with van der Waals surface area (Å²) in [6.45, 7) is 3.58. The van der Waals surface area contributed by atoms with Crippen LogP contribution in [0.5, 0.6) is 0 Å². The summed E-state index contributed by atoms with van der Waals surface area (Å²) in [7, 11) is 0. The van der Waals surface area contributed by atoms with E-state index in [4.69, 9.17) is 4.98 Å². The van der Waals surface area contributed by atoms with Crippen LogP contribution in [0.3, 0.4) is 0 Å². The molecule has 0 saturated carbocycles. The molecule has 0 radical (unpaired) electrons. The summed E-state index contributed by atoms with van der Waals surface area (Å²) in [5.41, 5.74) is 6.25. The summed E-state index contributed by atoms with van der Waals surface area (Å²) in [5.74, 6) is 0.312. The minimum atomic E-state index is 0.0607. The van der Waals surface area contributed by atoms with Crippen LogP contribution in [0.2, 0.25) is 0 Å². The lowest BCUT2D eigenvalue weighted by Gasteiger charge is -2.33. The zero-order valence-electron chi connectivity index (χ0n) is 18.8. The summed E-state index contributed by atoms with van der Waals surface area (Å²) >= 11 is 0. The first-order valence-electron chi connectivity index (χ1n) is 11.4. The fraction of sp³-hybridized carbons (Fsp3) is 0.259. The van der Waals surface area contributed by atoms with Crippen LogP contribution in [0.25, 0.3) is 5.69 Å². The first-order valence-corrected chi connectivity index (χ1v) is 11.4. The van der Waals surface area contributed by atoms with Crippen LogP contribution in [0.4, 0.5) is 0 Å². The Bertz CT molecular complexity index is 1250. The molecule has 1 aliphatic heterocycles. The van der Waals surface area contributed by atoms with E-state index < -0.39 is 0 Å². The van der Waals surface area contributed by atoms with Gasteiger partial charge in [-0.25, -0.2) is 0 Å². The Morgan fingerprint density at radius 3 is 2.67 bits per heavy atom. The van der Waals surface area contributed by atoms with E-state index in [9.17, 15) is 4.79 Å². The molecule has 1 fully saturated rings. The highest BCUT2D eigenvalue weighted by molar-refractivity contribution is 5.94. The van der Waals surface area contributed by atoms with Crippen molar-refractivity contribution < 1.29 is 4.79 Å². The number of piperidine rings is 1. The van der Waals surface area contributed by atoms with Gasteiger partial charge >= 0.3 is 0 Å². The summed E-state index contributed by atoms with van der Waals surface area (Å²) in [4.78, 5) is 20.3. The van der Waals surface area contributed by atoms with Crippen LogP contribution in [-0.2, 0) is 6.42 Å². The van der Waals surface area contributed by atoms with Crippen molar-refractivity contribution in [3.05, 3.63) is 107 Å². The number of rotatable bonds is 5. The first-order chi connectivity index (χ1) is 16.2. The summed E-state index contributed by atoms with van der Waals surface area (Å²) in [5, 5.41) is 7.71. The van der Waals surface area contributed by atoms with Crippen LogP contribution in [0, 0.1) is 6.92 Å². The number of carbonyl (C=O) groups is 1. The molecule has 0 bridgehead atoms. The van der Waals surface area contributed by atoms with Gasteiger partial charge in [-0.3, -0.25) is 14.3 Å². The molecular formula is C27H27N5O. The Morgan fingerprint density at radius 1 is 1.00 bits per heavy atom. The van der Waals surface area contributed by atoms with Crippen molar-refractivity contribution in [1.82, 2.24) is 24.6 Å². The van der Waals surface area contributed by atoms with Crippen molar-refractivity contribution in [1.29, 1.82) is 0 Å². The van der Waals surface area contributed by atoms with Crippen LogP contribution in [0.1, 0.15) is 51.6 Å². The maximum Gasteiger partial charge on any atom is 0.253 e. The van der Waals surface area contributed by atoms with Gasteiger partial charge in [-0.2, -0.15) is 0 Å². The van der Waals surface area contributed by atoms with Crippen molar-refractivity contribution in [3.63, 3.8) is 0 Å². The lowest BCUT2D eigenvalue weighted by molar-refractivity contribution is 0.0706. The van der Waals surface area contributed by atoms with E-state index in [1.54, 1.807) is 17.2 Å². The van der Waals surface area contributed by atoms with Gasteiger partial charge in [0.2, 0.25) is 0 Å². The summed E-state index contributed by atoms with van der Waals surface area (Å²) < 4.78 is 1.80. The second-order valence-corrected chi connectivity index (χ2v) is 8.73. The van der Waals surface area contributed by atoms with Gasteiger partial charge in [0, 0.05) is 48.1 Å². The van der Waals surface area contributed by atoms with Gasteiger partial charge in [0.25, 0.3) is 5.91 Å². The highest BCUT2D eigenvalue weighted by Crippen LogP contribution is 2.27. The van der Waals surface area contributed by atoms with Gasteiger partial charge in [0.1, 0.15) is 12.7 Å². The van der Waals surface area contributed by atoms with Crippen LogP contribution < -0.4 is 0 Å². The predicted octanol–water partition coefficient (Wildman–Crippen LogP) is 4.58. The molecule has 1 amide bonds. The molecule has 1 saturated heterocycles. The van der Waals surface area contributed by atoms with E-state index in [0.29, 0.717) is 12.1 Å². The Morgan fingerprint density at radius 2 is 1.82 bits per heavy atom. The molecule has 166 valence electrons. The minimum Gasteiger partial charge on any atom is -0.338 e. The van der Waals surface area contributed by atoms with E-state index in [-0.39, 0.29) is 11.8 Å². The molecule has 0 N–H and O–H groups in total. The molecule has 3 heterocycles. The number of aryl methyl sites for hydroxylation is 1. The molecule has 2 aromatic carbocycles. The normalized spacial score (nSPS) is 16.0. The lowest BCUT2D eigenvalue weighted by atomic mass is 9.93. The highest BCUT2D eigenvalue weighted by atomic mass is 16.2. The van der Waals surface area contributed by atoms with Gasteiger partial charge < -0.3 is 4.90 Å². The van der Waals surface area contributed by atoms with E-state index >= 15 is 0 Å². The minimum absolute atomic E-state index is 0.0607. The number of hydrogen-bond acceptors (Lipinski definition) is 4. The van der Waals surface area contributed by atoms with Gasteiger partial charge in [-0.15, -0.1) is 10.2 Å². The van der Waals surface area contributed by atoms with Crippen LogP contribution >= 0.6 is 0 Å². The topological polar surface area (TPSA) is 63.9 Å². The fourth-order valence-corrected chi connectivity index (χ4v) is 4.57. The van der Waals surface area contributed by atoms with E-state index in [0.717, 1.165) is 42.9 Å². The number of hydrogen-bond donors (Lipinski definition) is 0. The van der Waals surface area contributed by atoms with Crippen molar-refractivity contribution in [2.75, 3.05) is 13.1 Å². The monoisotopic (exact) mass is 437 g/mol. The molecule has 6 nitrogen and oxygen atoms in total. The number of pyridine rings is 1. The maximum absolute atomic E-state index is 13.3. The van der Waals surface area contributed by atoms with Gasteiger partial charge in [-0.1, -0.05) is 42.0 Å². The third-order valence-corrected chi connectivity index (χ3v) is 6.23. The second-order valence-electron chi connectivity index (χ2n) is 8.73. The third-order valence-electron chi connectivity index (χ3n) is 6.23. The molecular weight excluding hydrogens is 410 g/mol. The Labute approximate surface area is 193 Å². The lowest BCUT2D eigenvalue weighted by Crippen LogP contribution is -2.39. The van der Waals surface area contributed by atoms with Gasteiger partial charge in [0.05, 0.1) is 0 Å². The molecule has 1 atom stereocenters. The fourth-order valence-electron chi connectivity index (χ4n) is 4.57. The van der Waals surface area contributed by atoms with E-state index in [1.165, 1.54) is 11.1 Å². The number of benzene rings is 2. The van der Waals surface area contributed by atoms with Gasteiger partial charge in [0.15, 0.2) is 0 Å². The Hall–Kier alpha value is -3.80. The average molecular weight is 438 g/mol. The number of likely N-dealkylation sites (tertiary alicyclic amines) is 1. The summed E-state index contributed by atoms with van der Waals surface area (Å²) in [6, 6.07) is 22.5. The molecule has 2 aromatic heterocycles. The molecule has 0 spiro atoms. The highest BCUT2D eigenvalue weighted by Gasteiger charge is 2.26. The predicted molar refractivity (Wildman–Crippen MR) is 127 cm³/mol. The quantitative estimate of drug-likeness (QED) is 0.458. The summed E-state index contributed by atoms with van der Waals surface area (Å²) in [6.07, 6.45) is 6.11. The molecule has 1 unspecified atom stereocenters. The first kappa shape index (κ1) is 21.1. The largest absolute Gasteiger partial charge is 0.338 e. The van der Waals surface area contributed by atoms with Gasteiger partial charge in [-0.05, 0) is 55.7 Å². The van der Waals surface area contributed by atoms with Crippen LogP contribution in [0.15, 0.2) is 79.4 Å². The SMILES string of the molecule is Cc1cccc(Cc2cccc(C3CCCN(C(=O)c4cccc(-n5cnnc5)c4)C3)n2)c1. The number of nitrogens with zero attached hydrogens (tertiary/aromatic N) is 5. The van der Waals surface area contributed by atoms with Crippen molar-refractivity contribution in [2.45, 2.75) is 32.1 Å². The third kappa shape index (κ3) is 4.85. The van der Waals surface area contributed by atoms with Crippen molar-refractivity contribution >= 4 is 5.91 Å². The Kier molecular flexibility index (Phi) is 5.98. The number of amides is 1. The zero-order valence-corrected chi connectivity index (χ0v) is 18.8. The van der Waals surface area contributed by atoms with E-state index in [2.05, 4.69) is 59.6 Å². The second kappa shape index (κ2) is 9.36. The smallest absolute Gasteiger partial charge is 0.253 e. The maximum atomic E-state index is 13.3. The van der Waals surface area contributed by atoms with E-state index in [1.807, 2.05) is 29.2 Å².